The van der Waals surface area contributed by atoms with Gasteiger partial charge < -0.3 is 16.0 Å². The summed E-state index contributed by atoms with van der Waals surface area (Å²) in [6.45, 7) is 5.45. The molecule has 1 heterocycles. The van der Waals surface area contributed by atoms with Gasteiger partial charge in [-0.3, -0.25) is 9.59 Å². The second-order valence-electron chi connectivity index (χ2n) is 5.43. The van der Waals surface area contributed by atoms with Crippen molar-refractivity contribution in [2.24, 2.45) is 0 Å². The number of carbonyl (C=O) groups is 2. The molecule has 1 aromatic carbocycles. The van der Waals surface area contributed by atoms with E-state index in [4.69, 9.17) is 0 Å². The van der Waals surface area contributed by atoms with Crippen LogP contribution in [-0.2, 0) is 11.2 Å². The van der Waals surface area contributed by atoms with Crippen LogP contribution in [0.15, 0.2) is 18.2 Å². The lowest BCUT2D eigenvalue weighted by Crippen LogP contribution is -2.39. The van der Waals surface area contributed by atoms with E-state index in [0.717, 1.165) is 30.6 Å². The van der Waals surface area contributed by atoms with Gasteiger partial charge in [-0.2, -0.15) is 0 Å². The van der Waals surface area contributed by atoms with E-state index in [1.54, 1.807) is 0 Å². The lowest BCUT2D eigenvalue weighted by atomic mass is 9.97. The van der Waals surface area contributed by atoms with E-state index in [0.29, 0.717) is 13.1 Å². The molecule has 0 spiro atoms. The fourth-order valence-corrected chi connectivity index (χ4v) is 2.50. The maximum atomic E-state index is 12.4. The maximum absolute atomic E-state index is 12.4. The molecule has 1 aromatic rings. The lowest BCUT2D eigenvalue weighted by molar-refractivity contribution is -0.118. The number of Topliss-reactive ketones (excluding diaryl/α,β-unsaturated/α-hetero) is 1. The Bertz CT molecular complexity index is 528. The zero-order valence-corrected chi connectivity index (χ0v) is 12.7. The quantitative estimate of drug-likeness (QED) is 0.546. The molecule has 0 saturated heterocycles. The second kappa shape index (κ2) is 7.22. The average Bonchev–Trinajstić information content (AvgIpc) is 2.50. The SMILES string of the molecule is CC(=O)NCCNC(C)C(=O)c1ccc2c(c1)CCCN2. The predicted molar refractivity (Wildman–Crippen MR) is 83.7 cm³/mol. The Hall–Kier alpha value is -1.88. The molecule has 5 nitrogen and oxygen atoms in total. The highest BCUT2D eigenvalue weighted by Crippen LogP contribution is 2.23. The molecule has 1 amide bonds. The van der Waals surface area contributed by atoms with Gasteiger partial charge >= 0.3 is 0 Å². The number of hydrogen-bond donors (Lipinski definition) is 3. The van der Waals surface area contributed by atoms with Crippen molar-refractivity contribution >= 4 is 17.4 Å². The summed E-state index contributed by atoms with van der Waals surface area (Å²) in [5, 5.41) is 9.18. The van der Waals surface area contributed by atoms with Crippen molar-refractivity contribution < 1.29 is 9.59 Å². The molecule has 21 heavy (non-hydrogen) atoms. The Morgan fingerprint density at radius 2 is 2.14 bits per heavy atom. The topological polar surface area (TPSA) is 70.2 Å². The van der Waals surface area contributed by atoms with Gasteiger partial charge in [0.25, 0.3) is 0 Å². The summed E-state index contributed by atoms with van der Waals surface area (Å²) in [6.07, 6.45) is 2.13. The van der Waals surface area contributed by atoms with E-state index in [1.807, 2.05) is 25.1 Å². The average molecular weight is 289 g/mol. The van der Waals surface area contributed by atoms with Crippen LogP contribution in [0.4, 0.5) is 5.69 Å². The zero-order valence-electron chi connectivity index (χ0n) is 12.7. The Morgan fingerprint density at radius 1 is 1.33 bits per heavy atom. The van der Waals surface area contributed by atoms with Crippen LogP contribution < -0.4 is 16.0 Å². The molecule has 0 fully saturated rings. The molecule has 5 heteroatoms. The highest BCUT2D eigenvalue weighted by Gasteiger charge is 2.17. The number of anilines is 1. The minimum Gasteiger partial charge on any atom is -0.385 e. The van der Waals surface area contributed by atoms with Crippen LogP contribution in [0, 0.1) is 0 Å². The summed E-state index contributed by atoms with van der Waals surface area (Å²) in [6, 6.07) is 5.61. The first-order valence-corrected chi connectivity index (χ1v) is 7.47. The predicted octanol–water partition coefficient (Wildman–Crippen LogP) is 1.34. The monoisotopic (exact) mass is 289 g/mol. The minimum atomic E-state index is -0.256. The van der Waals surface area contributed by atoms with Crippen LogP contribution in [0.1, 0.15) is 36.2 Å². The van der Waals surface area contributed by atoms with Crippen LogP contribution in [0.3, 0.4) is 0 Å². The van der Waals surface area contributed by atoms with Gasteiger partial charge in [-0.15, -0.1) is 0 Å². The van der Waals surface area contributed by atoms with Gasteiger partial charge in [0.2, 0.25) is 5.91 Å². The smallest absolute Gasteiger partial charge is 0.216 e. The molecule has 1 aliphatic rings. The van der Waals surface area contributed by atoms with Gasteiger partial charge in [-0.1, -0.05) is 0 Å². The molecule has 114 valence electrons. The van der Waals surface area contributed by atoms with Gasteiger partial charge in [-0.05, 0) is 43.5 Å². The van der Waals surface area contributed by atoms with Gasteiger partial charge in [-0.25, -0.2) is 0 Å². The Balaban J connectivity index is 1.91. The molecule has 0 bridgehead atoms. The van der Waals surface area contributed by atoms with Crippen LogP contribution in [-0.4, -0.2) is 37.4 Å². The summed E-state index contributed by atoms with van der Waals surface area (Å²) in [4.78, 5) is 23.2. The van der Waals surface area contributed by atoms with Crippen molar-refractivity contribution in [2.45, 2.75) is 32.7 Å². The number of fused-ring (bicyclic) bond motifs is 1. The van der Waals surface area contributed by atoms with Crippen molar-refractivity contribution in [3.05, 3.63) is 29.3 Å². The van der Waals surface area contributed by atoms with E-state index in [1.165, 1.54) is 12.5 Å². The molecule has 0 saturated carbocycles. The van der Waals surface area contributed by atoms with Crippen molar-refractivity contribution in [1.82, 2.24) is 10.6 Å². The lowest BCUT2D eigenvalue weighted by Gasteiger charge is -2.19. The normalized spacial score (nSPS) is 14.8. The fraction of sp³-hybridized carbons (Fsp3) is 0.500. The molecule has 1 aliphatic heterocycles. The maximum Gasteiger partial charge on any atom is 0.216 e. The largest absolute Gasteiger partial charge is 0.385 e. The first-order valence-electron chi connectivity index (χ1n) is 7.47. The number of hydrogen-bond acceptors (Lipinski definition) is 4. The molecule has 0 aliphatic carbocycles. The van der Waals surface area contributed by atoms with Crippen molar-refractivity contribution in [2.75, 3.05) is 25.0 Å². The van der Waals surface area contributed by atoms with E-state index in [2.05, 4.69) is 16.0 Å². The molecule has 0 radical (unpaired) electrons. The molecular weight excluding hydrogens is 266 g/mol. The van der Waals surface area contributed by atoms with Crippen molar-refractivity contribution in [3.63, 3.8) is 0 Å². The van der Waals surface area contributed by atoms with Gasteiger partial charge in [0.15, 0.2) is 5.78 Å². The first-order chi connectivity index (χ1) is 10.1. The number of carbonyl (C=O) groups excluding carboxylic acids is 2. The zero-order chi connectivity index (χ0) is 15.2. The van der Waals surface area contributed by atoms with E-state index in [-0.39, 0.29) is 17.7 Å². The van der Waals surface area contributed by atoms with Gasteiger partial charge in [0.1, 0.15) is 0 Å². The number of amides is 1. The van der Waals surface area contributed by atoms with E-state index in [9.17, 15) is 9.59 Å². The summed E-state index contributed by atoms with van der Waals surface area (Å²) in [5.41, 5.74) is 3.11. The highest BCUT2D eigenvalue weighted by atomic mass is 16.1. The highest BCUT2D eigenvalue weighted by molar-refractivity contribution is 6.00. The number of benzene rings is 1. The number of nitrogens with one attached hydrogen (secondary N) is 3. The van der Waals surface area contributed by atoms with Crippen LogP contribution in [0.2, 0.25) is 0 Å². The summed E-state index contributed by atoms with van der Waals surface area (Å²) < 4.78 is 0. The Kier molecular flexibility index (Phi) is 5.33. The second-order valence-corrected chi connectivity index (χ2v) is 5.43. The number of aryl methyl sites for hydroxylation is 1. The molecule has 2 rings (SSSR count). The third-order valence-corrected chi connectivity index (χ3v) is 3.67. The molecular formula is C16H23N3O2. The van der Waals surface area contributed by atoms with Crippen LogP contribution >= 0.6 is 0 Å². The first kappa shape index (κ1) is 15.5. The third kappa shape index (κ3) is 4.29. The molecule has 1 atom stereocenters. The number of ketones is 1. The standard InChI is InChI=1S/C16H23N3O2/c1-11(17-8-9-18-12(2)20)16(21)14-5-6-15-13(10-14)4-3-7-19-15/h5-6,10-11,17,19H,3-4,7-9H2,1-2H3,(H,18,20). The van der Waals surface area contributed by atoms with E-state index >= 15 is 0 Å². The van der Waals surface area contributed by atoms with Gasteiger partial charge in [0, 0.05) is 37.8 Å². The molecule has 1 unspecified atom stereocenters. The van der Waals surface area contributed by atoms with Crippen LogP contribution in [0.25, 0.3) is 0 Å². The summed E-state index contributed by atoms with van der Waals surface area (Å²) >= 11 is 0. The molecule has 0 aromatic heterocycles. The molecule has 3 N–H and O–H groups in total. The van der Waals surface area contributed by atoms with Crippen molar-refractivity contribution in [3.8, 4) is 0 Å². The number of rotatable bonds is 6. The Labute approximate surface area is 125 Å². The Morgan fingerprint density at radius 3 is 2.90 bits per heavy atom. The summed E-state index contributed by atoms with van der Waals surface area (Å²) in [7, 11) is 0. The van der Waals surface area contributed by atoms with Crippen LogP contribution in [0.5, 0.6) is 0 Å². The minimum absolute atomic E-state index is 0.0574. The summed E-state index contributed by atoms with van der Waals surface area (Å²) in [5.74, 6) is 0.0316. The fourth-order valence-electron chi connectivity index (χ4n) is 2.50. The van der Waals surface area contributed by atoms with Crippen molar-refractivity contribution in [1.29, 1.82) is 0 Å². The van der Waals surface area contributed by atoms with E-state index < -0.39 is 0 Å². The third-order valence-electron chi connectivity index (χ3n) is 3.67. The van der Waals surface area contributed by atoms with Gasteiger partial charge in [0.05, 0.1) is 6.04 Å².